The van der Waals surface area contributed by atoms with E-state index >= 15 is 0 Å². The number of carboxylic acid groups (broad SMARTS) is 1. The zero-order valence-electron chi connectivity index (χ0n) is 14.9. The molecule has 1 aliphatic carbocycles. The molecule has 2 unspecified atom stereocenters. The summed E-state index contributed by atoms with van der Waals surface area (Å²) in [6, 6.07) is 6.26. The number of H-pyrrole nitrogens is 1. The summed E-state index contributed by atoms with van der Waals surface area (Å²) in [6.45, 7) is 5.32. The van der Waals surface area contributed by atoms with E-state index in [1.807, 2.05) is 0 Å². The number of hydrogen-bond acceptors (Lipinski definition) is 3. The van der Waals surface area contributed by atoms with Gasteiger partial charge in [0.25, 0.3) is 0 Å². The molecule has 2 N–H and O–H groups in total. The lowest BCUT2D eigenvalue weighted by Gasteiger charge is -2.38. The van der Waals surface area contributed by atoms with Crippen LogP contribution < -0.4 is 0 Å². The topological polar surface area (TPSA) is 69.2 Å². The maximum Gasteiger partial charge on any atom is 0.303 e. The molecule has 0 amide bonds. The summed E-state index contributed by atoms with van der Waals surface area (Å²) in [5.41, 5.74) is 3.30. The second kappa shape index (κ2) is 6.79. The van der Waals surface area contributed by atoms with E-state index in [-0.39, 0.29) is 12.3 Å². The highest BCUT2D eigenvalue weighted by Gasteiger charge is 2.34. The van der Waals surface area contributed by atoms with Gasteiger partial charge in [-0.05, 0) is 68.2 Å². The van der Waals surface area contributed by atoms with Crippen molar-refractivity contribution in [1.82, 2.24) is 14.9 Å². The van der Waals surface area contributed by atoms with E-state index in [9.17, 15) is 9.90 Å². The molecule has 2 aromatic rings. The lowest BCUT2D eigenvalue weighted by atomic mass is 9.81. The molecule has 1 saturated heterocycles. The van der Waals surface area contributed by atoms with Crippen molar-refractivity contribution in [3.63, 3.8) is 0 Å². The molecule has 0 bridgehead atoms. The van der Waals surface area contributed by atoms with Crippen molar-refractivity contribution in [3.05, 3.63) is 29.6 Å². The molecular weight excluding hydrogens is 314 g/mol. The molecule has 134 valence electrons. The van der Waals surface area contributed by atoms with Crippen LogP contribution in [0.1, 0.15) is 37.1 Å². The van der Waals surface area contributed by atoms with E-state index in [0.29, 0.717) is 5.92 Å². The zero-order valence-corrected chi connectivity index (χ0v) is 14.9. The van der Waals surface area contributed by atoms with Crippen LogP contribution in [0.3, 0.4) is 0 Å². The standard InChI is InChI=1S/C20H27N3O2/c1-13-2-5-17-18(8-13)22-19(21-17)9-16-12-23(11-14-3-4-14)7-6-15(16)10-20(24)25/h2,5,8,14-16H,3-4,6-7,9-12H2,1H3,(H,21,22)(H,24,25). The van der Waals surface area contributed by atoms with E-state index in [1.165, 1.54) is 24.9 Å². The van der Waals surface area contributed by atoms with E-state index in [4.69, 9.17) is 4.98 Å². The molecule has 5 heteroatoms. The van der Waals surface area contributed by atoms with Crippen LogP contribution in [0.15, 0.2) is 18.2 Å². The van der Waals surface area contributed by atoms with Gasteiger partial charge in [-0.15, -0.1) is 0 Å². The Morgan fingerprint density at radius 2 is 2.16 bits per heavy atom. The molecule has 2 heterocycles. The number of aliphatic carboxylic acids is 1. The molecule has 2 fully saturated rings. The number of nitrogens with zero attached hydrogens (tertiary/aromatic N) is 2. The quantitative estimate of drug-likeness (QED) is 0.846. The number of aromatic amines is 1. The van der Waals surface area contributed by atoms with E-state index in [1.54, 1.807) is 0 Å². The number of aromatic nitrogens is 2. The van der Waals surface area contributed by atoms with E-state index < -0.39 is 5.97 Å². The average Bonchev–Trinajstić information content (AvgIpc) is 3.27. The maximum atomic E-state index is 11.3. The first-order valence-electron chi connectivity index (χ1n) is 9.46. The Hall–Kier alpha value is -1.88. The average molecular weight is 341 g/mol. The molecule has 4 rings (SSSR count). The highest BCUT2D eigenvalue weighted by atomic mass is 16.4. The van der Waals surface area contributed by atoms with Crippen LogP contribution in [0.5, 0.6) is 0 Å². The van der Waals surface area contributed by atoms with E-state index in [2.05, 4.69) is 35.0 Å². The Morgan fingerprint density at radius 3 is 2.92 bits per heavy atom. The Morgan fingerprint density at radius 1 is 1.32 bits per heavy atom. The van der Waals surface area contributed by atoms with Gasteiger partial charge in [-0.25, -0.2) is 4.98 Å². The first-order chi connectivity index (χ1) is 12.1. The Labute approximate surface area is 148 Å². The number of imidazole rings is 1. The molecule has 1 aromatic carbocycles. The number of nitrogens with one attached hydrogen (secondary N) is 1. The highest BCUT2D eigenvalue weighted by molar-refractivity contribution is 5.75. The van der Waals surface area contributed by atoms with Crippen molar-refractivity contribution in [2.75, 3.05) is 19.6 Å². The predicted molar refractivity (Wildman–Crippen MR) is 97.5 cm³/mol. The Bertz CT molecular complexity index is 765. The number of likely N-dealkylation sites (tertiary alicyclic amines) is 1. The highest BCUT2D eigenvalue weighted by Crippen LogP contribution is 2.34. The summed E-state index contributed by atoms with van der Waals surface area (Å²) in [7, 11) is 0. The summed E-state index contributed by atoms with van der Waals surface area (Å²) >= 11 is 0. The van der Waals surface area contributed by atoms with Crippen molar-refractivity contribution < 1.29 is 9.90 Å². The summed E-state index contributed by atoms with van der Waals surface area (Å²) in [6.07, 6.45) is 4.84. The van der Waals surface area contributed by atoms with Crippen LogP contribution in [0, 0.1) is 24.7 Å². The van der Waals surface area contributed by atoms with Crippen molar-refractivity contribution >= 4 is 17.0 Å². The Balaban J connectivity index is 1.50. The fourth-order valence-electron chi connectivity index (χ4n) is 4.23. The first-order valence-corrected chi connectivity index (χ1v) is 9.46. The van der Waals surface area contributed by atoms with E-state index in [0.717, 1.165) is 48.7 Å². The molecule has 1 saturated carbocycles. The minimum Gasteiger partial charge on any atom is -0.481 e. The van der Waals surface area contributed by atoms with Crippen molar-refractivity contribution in [2.45, 2.75) is 39.0 Å². The molecule has 1 aliphatic heterocycles. The van der Waals surface area contributed by atoms with Crippen molar-refractivity contribution in [3.8, 4) is 0 Å². The van der Waals surface area contributed by atoms with Crippen LogP contribution >= 0.6 is 0 Å². The summed E-state index contributed by atoms with van der Waals surface area (Å²) < 4.78 is 0. The number of aryl methyl sites for hydroxylation is 1. The first kappa shape index (κ1) is 16.6. The summed E-state index contributed by atoms with van der Waals surface area (Å²) in [5.74, 6) is 1.82. The minimum absolute atomic E-state index is 0.253. The van der Waals surface area contributed by atoms with Crippen molar-refractivity contribution in [2.24, 2.45) is 17.8 Å². The van der Waals surface area contributed by atoms with Crippen LogP contribution in [0.4, 0.5) is 0 Å². The largest absolute Gasteiger partial charge is 0.481 e. The van der Waals surface area contributed by atoms with Gasteiger partial charge in [-0.2, -0.15) is 0 Å². The second-order valence-corrected chi connectivity index (χ2v) is 8.02. The normalized spacial score (nSPS) is 24.7. The number of piperidine rings is 1. The van der Waals surface area contributed by atoms with Gasteiger partial charge in [0.15, 0.2) is 0 Å². The third kappa shape index (κ3) is 4.03. The molecule has 5 nitrogen and oxygen atoms in total. The monoisotopic (exact) mass is 341 g/mol. The maximum absolute atomic E-state index is 11.3. The summed E-state index contributed by atoms with van der Waals surface area (Å²) in [5, 5.41) is 9.28. The number of hydrogen-bond donors (Lipinski definition) is 2. The third-order valence-corrected chi connectivity index (χ3v) is 5.77. The number of rotatable bonds is 6. The van der Waals surface area contributed by atoms with Gasteiger partial charge in [0.05, 0.1) is 11.0 Å². The van der Waals surface area contributed by atoms with Gasteiger partial charge in [0, 0.05) is 25.9 Å². The van der Waals surface area contributed by atoms with Crippen molar-refractivity contribution in [1.29, 1.82) is 0 Å². The lowest BCUT2D eigenvalue weighted by molar-refractivity contribution is -0.139. The second-order valence-electron chi connectivity index (χ2n) is 8.02. The minimum atomic E-state index is -0.675. The number of benzene rings is 1. The zero-order chi connectivity index (χ0) is 17.4. The number of fused-ring (bicyclic) bond motifs is 1. The SMILES string of the molecule is Cc1ccc2nc(CC3CN(CC4CC4)CCC3CC(=O)O)[nH]c2c1. The molecule has 0 spiro atoms. The van der Waals surface area contributed by atoms with Gasteiger partial charge < -0.3 is 15.0 Å². The number of carbonyl (C=O) groups is 1. The van der Waals surface area contributed by atoms with Gasteiger partial charge in [0.2, 0.25) is 0 Å². The van der Waals surface area contributed by atoms with Crippen LogP contribution in [-0.4, -0.2) is 45.6 Å². The number of carboxylic acids is 1. The van der Waals surface area contributed by atoms with Gasteiger partial charge in [-0.1, -0.05) is 6.07 Å². The molecule has 1 aromatic heterocycles. The summed E-state index contributed by atoms with van der Waals surface area (Å²) in [4.78, 5) is 22.0. The molecule has 0 radical (unpaired) electrons. The van der Waals surface area contributed by atoms with Crippen LogP contribution in [0.25, 0.3) is 11.0 Å². The fraction of sp³-hybridized carbons (Fsp3) is 0.600. The van der Waals surface area contributed by atoms with Gasteiger partial charge >= 0.3 is 5.97 Å². The third-order valence-electron chi connectivity index (χ3n) is 5.77. The van der Waals surface area contributed by atoms with Crippen LogP contribution in [-0.2, 0) is 11.2 Å². The van der Waals surface area contributed by atoms with Gasteiger partial charge in [0.1, 0.15) is 5.82 Å². The molecular formula is C20H27N3O2. The van der Waals surface area contributed by atoms with Crippen LogP contribution in [0.2, 0.25) is 0 Å². The Kier molecular flexibility index (Phi) is 4.50. The molecule has 2 aliphatic rings. The smallest absolute Gasteiger partial charge is 0.303 e. The van der Waals surface area contributed by atoms with Gasteiger partial charge in [-0.3, -0.25) is 4.79 Å². The molecule has 2 atom stereocenters. The predicted octanol–water partition coefficient (Wildman–Crippen LogP) is 3.24. The molecule has 25 heavy (non-hydrogen) atoms. The lowest BCUT2D eigenvalue weighted by Crippen LogP contribution is -2.43. The fourth-order valence-corrected chi connectivity index (χ4v) is 4.23.